The molecule has 0 bridgehead atoms. The van der Waals surface area contributed by atoms with Crippen LogP contribution >= 0.6 is 11.6 Å². The molecule has 0 spiro atoms. The summed E-state index contributed by atoms with van der Waals surface area (Å²) < 4.78 is 21.8. The molecule has 0 saturated heterocycles. The zero-order valence-corrected chi connectivity index (χ0v) is 11.8. The van der Waals surface area contributed by atoms with Crippen molar-refractivity contribution in [2.75, 3.05) is 24.8 Å². The number of fused-ring (bicyclic) bond motifs is 1. The number of hydrogen-bond donors (Lipinski definition) is 1. The molecular formula is C12H16ClNO3S. The lowest BCUT2D eigenvalue weighted by Gasteiger charge is -2.06. The zero-order valence-electron chi connectivity index (χ0n) is 10.2. The molecule has 2 rings (SSSR count). The summed E-state index contributed by atoms with van der Waals surface area (Å²) in [6, 6.07) is 3.77. The van der Waals surface area contributed by atoms with Crippen molar-refractivity contribution in [2.24, 2.45) is 0 Å². The Hall–Kier alpha value is -0.780. The third-order valence-electron chi connectivity index (χ3n) is 2.64. The van der Waals surface area contributed by atoms with E-state index in [0.717, 1.165) is 12.1 Å². The van der Waals surface area contributed by atoms with Crippen LogP contribution in [0.15, 0.2) is 12.1 Å². The molecule has 0 saturated carbocycles. The van der Waals surface area contributed by atoms with Crippen molar-refractivity contribution < 1.29 is 13.7 Å². The molecule has 1 aliphatic rings. The Morgan fingerprint density at radius 1 is 1.44 bits per heavy atom. The smallest absolute Gasteiger partial charge is 0.231 e. The average molecular weight is 290 g/mol. The largest absolute Gasteiger partial charge is 0.454 e. The Morgan fingerprint density at radius 3 is 3.06 bits per heavy atom. The standard InChI is InChI=1S/C12H16ClNO3S/c1-2-18(15)4-3-14-7-9-5-10(13)12-11(6-9)16-8-17-12/h5-6,14H,2-4,7-8H2,1H3. The maximum atomic E-state index is 11.2. The lowest BCUT2D eigenvalue weighted by molar-refractivity contribution is 0.174. The number of nitrogens with one attached hydrogen (secondary N) is 1. The first-order valence-electron chi connectivity index (χ1n) is 5.84. The van der Waals surface area contributed by atoms with Gasteiger partial charge in [0.25, 0.3) is 0 Å². The van der Waals surface area contributed by atoms with E-state index in [0.29, 0.717) is 34.6 Å². The van der Waals surface area contributed by atoms with E-state index in [9.17, 15) is 4.21 Å². The third kappa shape index (κ3) is 3.37. The van der Waals surface area contributed by atoms with Crippen molar-refractivity contribution >= 4 is 22.4 Å². The minimum atomic E-state index is -0.722. The van der Waals surface area contributed by atoms with Gasteiger partial charge in [0.1, 0.15) is 0 Å². The van der Waals surface area contributed by atoms with Gasteiger partial charge in [-0.2, -0.15) is 0 Å². The van der Waals surface area contributed by atoms with E-state index in [1.165, 1.54) is 0 Å². The number of rotatable bonds is 6. The van der Waals surface area contributed by atoms with Crippen LogP contribution in [0.3, 0.4) is 0 Å². The molecule has 18 heavy (non-hydrogen) atoms. The van der Waals surface area contributed by atoms with Crippen molar-refractivity contribution in [1.82, 2.24) is 5.32 Å². The van der Waals surface area contributed by atoms with Crippen LogP contribution in [0.2, 0.25) is 5.02 Å². The number of ether oxygens (including phenoxy) is 2. The Morgan fingerprint density at radius 2 is 2.28 bits per heavy atom. The van der Waals surface area contributed by atoms with Crippen molar-refractivity contribution in [3.63, 3.8) is 0 Å². The molecule has 0 amide bonds. The molecule has 0 aliphatic carbocycles. The summed E-state index contributed by atoms with van der Waals surface area (Å²) in [5, 5.41) is 3.81. The van der Waals surface area contributed by atoms with Gasteiger partial charge >= 0.3 is 0 Å². The summed E-state index contributed by atoms with van der Waals surface area (Å²) in [5.41, 5.74) is 1.03. The van der Waals surface area contributed by atoms with Crippen LogP contribution in [0.1, 0.15) is 12.5 Å². The van der Waals surface area contributed by atoms with E-state index < -0.39 is 10.8 Å². The second kappa shape index (κ2) is 6.41. The normalized spacial score (nSPS) is 14.8. The van der Waals surface area contributed by atoms with Crippen LogP contribution in [-0.2, 0) is 17.3 Å². The first-order chi connectivity index (χ1) is 8.70. The van der Waals surface area contributed by atoms with Gasteiger partial charge in [0.05, 0.1) is 5.02 Å². The molecule has 0 radical (unpaired) electrons. The third-order valence-corrected chi connectivity index (χ3v) is 4.23. The van der Waals surface area contributed by atoms with E-state index in [1.54, 1.807) is 0 Å². The van der Waals surface area contributed by atoms with Gasteiger partial charge < -0.3 is 14.8 Å². The van der Waals surface area contributed by atoms with Gasteiger partial charge in [-0.25, -0.2) is 0 Å². The minimum absolute atomic E-state index is 0.224. The molecule has 1 unspecified atom stereocenters. The molecule has 6 heteroatoms. The van der Waals surface area contributed by atoms with Crippen LogP contribution in [-0.4, -0.2) is 29.1 Å². The Bertz CT molecular complexity index is 453. The highest BCUT2D eigenvalue weighted by molar-refractivity contribution is 7.84. The summed E-state index contributed by atoms with van der Waals surface area (Å²) >= 11 is 6.08. The lowest BCUT2D eigenvalue weighted by Crippen LogP contribution is -2.20. The summed E-state index contributed by atoms with van der Waals surface area (Å²) in [6.45, 7) is 3.55. The van der Waals surface area contributed by atoms with Crippen LogP contribution < -0.4 is 14.8 Å². The van der Waals surface area contributed by atoms with Crippen LogP contribution in [0.5, 0.6) is 11.5 Å². The molecule has 1 N–H and O–H groups in total. The second-order valence-corrected chi connectivity index (χ2v) is 6.19. The molecule has 1 heterocycles. The highest BCUT2D eigenvalue weighted by Gasteiger charge is 2.17. The van der Waals surface area contributed by atoms with Gasteiger partial charge in [-0.15, -0.1) is 0 Å². The Kier molecular flexibility index (Phi) is 4.86. The highest BCUT2D eigenvalue weighted by atomic mass is 35.5. The van der Waals surface area contributed by atoms with Crippen molar-refractivity contribution in [1.29, 1.82) is 0 Å². The Balaban J connectivity index is 1.87. The van der Waals surface area contributed by atoms with E-state index in [2.05, 4.69) is 5.32 Å². The number of halogens is 1. The van der Waals surface area contributed by atoms with Gasteiger partial charge in [-0.05, 0) is 17.7 Å². The van der Waals surface area contributed by atoms with E-state index in [-0.39, 0.29) is 6.79 Å². The van der Waals surface area contributed by atoms with Crippen molar-refractivity contribution in [3.8, 4) is 11.5 Å². The molecule has 1 aliphatic heterocycles. The topological polar surface area (TPSA) is 47.6 Å². The van der Waals surface area contributed by atoms with E-state index in [1.807, 2.05) is 19.1 Å². The summed E-state index contributed by atoms with van der Waals surface area (Å²) in [7, 11) is -0.722. The second-order valence-electron chi connectivity index (χ2n) is 3.92. The maximum Gasteiger partial charge on any atom is 0.231 e. The minimum Gasteiger partial charge on any atom is -0.454 e. The summed E-state index contributed by atoms with van der Waals surface area (Å²) in [4.78, 5) is 0. The van der Waals surface area contributed by atoms with Crippen LogP contribution in [0.25, 0.3) is 0 Å². The van der Waals surface area contributed by atoms with Crippen molar-refractivity contribution in [2.45, 2.75) is 13.5 Å². The molecular weight excluding hydrogens is 274 g/mol. The molecule has 100 valence electrons. The molecule has 1 atom stereocenters. The monoisotopic (exact) mass is 289 g/mol. The molecule has 1 aromatic rings. The predicted molar refractivity (Wildman–Crippen MR) is 72.8 cm³/mol. The van der Waals surface area contributed by atoms with E-state index >= 15 is 0 Å². The quantitative estimate of drug-likeness (QED) is 0.813. The first kappa shape index (κ1) is 13.6. The highest BCUT2D eigenvalue weighted by Crippen LogP contribution is 2.39. The van der Waals surface area contributed by atoms with Crippen LogP contribution in [0, 0.1) is 0 Å². The number of hydrogen-bond acceptors (Lipinski definition) is 4. The van der Waals surface area contributed by atoms with Gasteiger partial charge in [0, 0.05) is 35.4 Å². The van der Waals surface area contributed by atoms with Crippen molar-refractivity contribution in [3.05, 3.63) is 22.7 Å². The predicted octanol–water partition coefficient (Wildman–Crippen LogP) is 1.93. The van der Waals surface area contributed by atoms with E-state index in [4.69, 9.17) is 21.1 Å². The molecule has 1 aromatic carbocycles. The van der Waals surface area contributed by atoms with Gasteiger partial charge in [-0.1, -0.05) is 18.5 Å². The lowest BCUT2D eigenvalue weighted by atomic mass is 10.2. The average Bonchev–Trinajstić information content (AvgIpc) is 2.83. The fourth-order valence-corrected chi connectivity index (χ4v) is 2.63. The van der Waals surface area contributed by atoms with Crippen LogP contribution in [0.4, 0.5) is 0 Å². The molecule has 0 fully saturated rings. The molecule has 0 aromatic heterocycles. The SMILES string of the molecule is CCS(=O)CCNCc1cc(Cl)c2c(c1)OCO2. The Labute approximate surface area is 114 Å². The summed E-state index contributed by atoms with van der Waals surface area (Å²) in [6.07, 6.45) is 0. The first-order valence-corrected chi connectivity index (χ1v) is 7.71. The van der Waals surface area contributed by atoms with Gasteiger partial charge in [0.2, 0.25) is 6.79 Å². The molecule has 4 nitrogen and oxygen atoms in total. The maximum absolute atomic E-state index is 11.2. The fraction of sp³-hybridized carbons (Fsp3) is 0.500. The fourth-order valence-electron chi connectivity index (χ4n) is 1.69. The zero-order chi connectivity index (χ0) is 13.0. The van der Waals surface area contributed by atoms with Gasteiger partial charge in [0.15, 0.2) is 11.5 Å². The number of benzene rings is 1. The summed E-state index contributed by atoms with van der Waals surface area (Å²) in [5.74, 6) is 2.69. The van der Waals surface area contributed by atoms with Gasteiger partial charge in [-0.3, -0.25) is 4.21 Å².